The number of carbonyl (C=O) groups excluding carboxylic acids is 1. The maximum atomic E-state index is 13.3. The van der Waals surface area contributed by atoms with Gasteiger partial charge in [0.2, 0.25) is 0 Å². The molecule has 0 spiro atoms. The Morgan fingerprint density at radius 2 is 1.62 bits per heavy atom. The molecule has 2 aromatic carbocycles. The van der Waals surface area contributed by atoms with Crippen LogP contribution in [0.5, 0.6) is 0 Å². The molecule has 0 aliphatic rings. The van der Waals surface area contributed by atoms with Crippen LogP contribution < -0.4 is 0 Å². The summed E-state index contributed by atoms with van der Waals surface area (Å²) < 4.78 is 38.5. The smallest absolute Gasteiger partial charge is 0.429 e. The summed E-state index contributed by atoms with van der Waals surface area (Å²) in [6.07, 6.45) is -0.796. The second-order valence-electron chi connectivity index (χ2n) is 7.92. The third-order valence-electron chi connectivity index (χ3n) is 4.47. The highest BCUT2D eigenvalue weighted by Crippen LogP contribution is 2.30. The van der Waals surface area contributed by atoms with Crippen molar-refractivity contribution in [1.82, 2.24) is 3.97 Å². The topological polar surface area (TPSA) is 74.6 Å². The van der Waals surface area contributed by atoms with E-state index in [4.69, 9.17) is 9.47 Å². The van der Waals surface area contributed by atoms with Crippen molar-refractivity contribution in [3.63, 3.8) is 0 Å². The Hall–Kier alpha value is -2.80. The zero-order valence-corrected chi connectivity index (χ0v) is 18.0. The molecule has 1 aromatic heterocycles. The minimum absolute atomic E-state index is 0.0856. The lowest BCUT2D eigenvalue weighted by Gasteiger charge is -2.18. The van der Waals surface area contributed by atoms with E-state index in [1.165, 1.54) is 3.97 Å². The molecular formula is C22H25NO5S. The molecular weight excluding hydrogens is 390 g/mol. The molecule has 6 nitrogen and oxygen atoms in total. The first kappa shape index (κ1) is 20.9. The maximum absolute atomic E-state index is 13.3. The molecule has 0 amide bonds. The number of carbonyl (C=O) groups is 1. The van der Waals surface area contributed by atoms with Crippen molar-refractivity contribution in [2.75, 3.05) is 0 Å². The Balaban J connectivity index is 2.05. The Kier molecular flexibility index (Phi) is 5.45. The fourth-order valence-electron chi connectivity index (χ4n) is 3.12. The van der Waals surface area contributed by atoms with Crippen LogP contribution >= 0.6 is 0 Å². The van der Waals surface area contributed by atoms with Crippen molar-refractivity contribution in [2.24, 2.45) is 0 Å². The number of hydrogen-bond donors (Lipinski definition) is 0. The van der Waals surface area contributed by atoms with Gasteiger partial charge in [0.15, 0.2) is 0 Å². The fourth-order valence-corrected chi connectivity index (χ4v) is 4.70. The molecule has 29 heavy (non-hydrogen) atoms. The maximum Gasteiger partial charge on any atom is 0.509 e. The van der Waals surface area contributed by atoms with E-state index >= 15 is 0 Å². The van der Waals surface area contributed by atoms with Crippen LogP contribution in [0.4, 0.5) is 4.79 Å². The van der Waals surface area contributed by atoms with Crippen LogP contribution in [0.25, 0.3) is 10.9 Å². The molecule has 154 valence electrons. The minimum Gasteiger partial charge on any atom is -0.429 e. The van der Waals surface area contributed by atoms with Gasteiger partial charge in [0.1, 0.15) is 12.2 Å². The SMILES string of the molecule is Cc1ccc(S(=O)(=O)n2c(C)c(COC(=O)OC(C)(C)C)c3ccccc32)cc1. The Morgan fingerprint density at radius 3 is 2.24 bits per heavy atom. The molecule has 0 radical (unpaired) electrons. The van der Waals surface area contributed by atoms with Gasteiger partial charge < -0.3 is 9.47 Å². The van der Waals surface area contributed by atoms with Crippen LogP contribution in [0.2, 0.25) is 0 Å². The molecule has 0 aliphatic carbocycles. The predicted molar refractivity (Wildman–Crippen MR) is 111 cm³/mol. The van der Waals surface area contributed by atoms with Crippen LogP contribution in [-0.4, -0.2) is 24.1 Å². The molecule has 7 heteroatoms. The van der Waals surface area contributed by atoms with Crippen molar-refractivity contribution < 1.29 is 22.7 Å². The van der Waals surface area contributed by atoms with Gasteiger partial charge in [-0.25, -0.2) is 17.2 Å². The van der Waals surface area contributed by atoms with Gasteiger partial charge in [-0.1, -0.05) is 35.9 Å². The first-order chi connectivity index (χ1) is 13.5. The molecule has 3 rings (SSSR count). The summed E-state index contributed by atoms with van der Waals surface area (Å²) in [5.74, 6) is 0. The lowest BCUT2D eigenvalue weighted by molar-refractivity contribution is -0.0106. The van der Waals surface area contributed by atoms with Gasteiger partial charge in [-0.2, -0.15) is 0 Å². The third-order valence-corrected chi connectivity index (χ3v) is 6.29. The van der Waals surface area contributed by atoms with E-state index in [0.717, 1.165) is 5.56 Å². The van der Waals surface area contributed by atoms with E-state index in [1.807, 2.05) is 19.1 Å². The summed E-state index contributed by atoms with van der Waals surface area (Å²) in [4.78, 5) is 12.2. The molecule has 0 saturated heterocycles. The quantitative estimate of drug-likeness (QED) is 0.564. The third kappa shape index (κ3) is 4.29. The second-order valence-corrected chi connectivity index (χ2v) is 9.70. The van der Waals surface area contributed by atoms with Crippen LogP contribution in [0.1, 0.15) is 37.6 Å². The number of rotatable bonds is 4. The molecule has 1 heterocycles. The van der Waals surface area contributed by atoms with E-state index in [0.29, 0.717) is 22.2 Å². The van der Waals surface area contributed by atoms with Crippen LogP contribution in [-0.2, 0) is 26.1 Å². The highest BCUT2D eigenvalue weighted by atomic mass is 32.2. The van der Waals surface area contributed by atoms with Crippen LogP contribution in [0, 0.1) is 13.8 Å². The van der Waals surface area contributed by atoms with Crippen molar-refractivity contribution in [3.8, 4) is 0 Å². The number of hydrogen-bond acceptors (Lipinski definition) is 5. The Labute approximate surface area is 171 Å². The van der Waals surface area contributed by atoms with Gasteiger partial charge in [-0.05, 0) is 52.8 Å². The van der Waals surface area contributed by atoms with Gasteiger partial charge >= 0.3 is 6.16 Å². The monoisotopic (exact) mass is 415 g/mol. The molecule has 0 atom stereocenters. The highest BCUT2D eigenvalue weighted by Gasteiger charge is 2.26. The van der Waals surface area contributed by atoms with E-state index in [-0.39, 0.29) is 11.5 Å². The number of ether oxygens (including phenoxy) is 2. The highest BCUT2D eigenvalue weighted by molar-refractivity contribution is 7.90. The lowest BCUT2D eigenvalue weighted by Crippen LogP contribution is -2.24. The predicted octanol–water partition coefficient (Wildman–Crippen LogP) is 4.95. The minimum atomic E-state index is -3.81. The number of aromatic nitrogens is 1. The van der Waals surface area contributed by atoms with Gasteiger partial charge in [0.25, 0.3) is 10.0 Å². The largest absolute Gasteiger partial charge is 0.509 e. The number of nitrogens with zero attached hydrogens (tertiary/aromatic N) is 1. The summed E-state index contributed by atoms with van der Waals surface area (Å²) in [5, 5.41) is 0.712. The molecule has 0 N–H and O–H groups in total. The van der Waals surface area contributed by atoms with Crippen LogP contribution in [0.3, 0.4) is 0 Å². The van der Waals surface area contributed by atoms with E-state index < -0.39 is 21.8 Å². The normalized spacial score (nSPS) is 12.2. The van der Waals surface area contributed by atoms with E-state index in [9.17, 15) is 13.2 Å². The van der Waals surface area contributed by atoms with E-state index in [1.54, 1.807) is 64.1 Å². The zero-order chi connectivity index (χ0) is 21.4. The Bertz CT molecular complexity index is 1150. The Morgan fingerprint density at radius 1 is 1.00 bits per heavy atom. The lowest BCUT2D eigenvalue weighted by atomic mass is 10.1. The van der Waals surface area contributed by atoms with Crippen molar-refractivity contribution >= 4 is 27.1 Å². The molecule has 3 aromatic rings. The van der Waals surface area contributed by atoms with E-state index in [2.05, 4.69) is 0 Å². The average molecular weight is 416 g/mol. The van der Waals surface area contributed by atoms with Gasteiger partial charge in [-0.3, -0.25) is 0 Å². The number of fused-ring (bicyclic) bond motifs is 1. The first-order valence-corrected chi connectivity index (χ1v) is 10.7. The molecule has 0 unspecified atom stereocenters. The standard InChI is InChI=1S/C22H25NO5S/c1-15-10-12-17(13-11-15)29(25,26)23-16(2)19(18-8-6-7-9-20(18)23)14-27-21(24)28-22(3,4)5/h6-13H,14H2,1-5H3. The number of para-hydroxylation sites is 1. The number of aryl methyl sites for hydroxylation is 1. The summed E-state index contributed by atoms with van der Waals surface area (Å²) >= 11 is 0. The summed E-state index contributed by atoms with van der Waals surface area (Å²) in [6.45, 7) is 8.77. The van der Waals surface area contributed by atoms with Crippen molar-refractivity contribution in [3.05, 3.63) is 65.4 Å². The first-order valence-electron chi connectivity index (χ1n) is 9.27. The van der Waals surface area contributed by atoms with Crippen molar-refractivity contribution in [2.45, 2.75) is 51.7 Å². The van der Waals surface area contributed by atoms with Gasteiger partial charge in [-0.15, -0.1) is 0 Å². The van der Waals surface area contributed by atoms with Crippen molar-refractivity contribution in [1.29, 1.82) is 0 Å². The number of benzene rings is 2. The molecule has 0 aliphatic heterocycles. The average Bonchev–Trinajstić information content (AvgIpc) is 2.91. The summed E-state index contributed by atoms with van der Waals surface area (Å²) in [7, 11) is -3.81. The van der Waals surface area contributed by atoms with Gasteiger partial charge in [0, 0.05) is 16.6 Å². The molecule has 0 saturated carbocycles. The van der Waals surface area contributed by atoms with Gasteiger partial charge in [0.05, 0.1) is 10.4 Å². The summed E-state index contributed by atoms with van der Waals surface area (Å²) in [5.41, 5.74) is 1.96. The molecule has 0 fully saturated rings. The zero-order valence-electron chi connectivity index (χ0n) is 17.2. The fraction of sp³-hybridized carbons (Fsp3) is 0.318. The second kappa shape index (κ2) is 7.55. The molecule has 0 bridgehead atoms. The van der Waals surface area contributed by atoms with Crippen LogP contribution in [0.15, 0.2) is 53.4 Å². The summed E-state index contributed by atoms with van der Waals surface area (Å²) in [6, 6.07) is 13.9.